The third kappa shape index (κ3) is 6.42. The number of benzene rings is 1. The van der Waals surface area contributed by atoms with Gasteiger partial charge in [-0.25, -0.2) is 0 Å². The molecule has 2 fully saturated rings. The molecule has 1 spiro atoms. The Labute approximate surface area is 241 Å². The van der Waals surface area contributed by atoms with Crippen molar-refractivity contribution in [3.05, 3.63) is 75.7 Å². The summed E-state index contributed by atoms with van der Waals surface area (Å²) in [6.07, 6.45) is 15.4. The zero-order chi connectivity index (χ0) is 28.2. The highest BCUT2D eigenvalue weighted by molar-refractivity contribution is 7.85. The van der Waals surface area contributed by atoms with Crippen molar-refractivity contribution in [2.24, 2.45) is 0 Å². The van der Waals surface area contributed by atoms with Crippen LogP contribution in [0.2, 0.25) is 0 Å². The summed E-state index contributed by atoms with van der Waals surface area (Å²) in [7, 11) is -2.60. The first-order chi connectivity index (χ1) is 19.2. The number of hydrogen-bond acceptors (Lipinski definition) is 7. The predicted octanol–water partition coefficient (Wildman–Crippen LogP) is 5.53. The maximum absolute atomic E-state index is 11.6. The summed E-state index contributed by atoms with van der Waals surface area (Å²) >= 11 is 1.54. The van der Waals surface area contributed by atoms with Gasteiger partial charge in [-0.1, -0.05) is 37.0 Å². The van der Waals surface area contributed by atoms with E-state index in [1.54, 1.807) is 30.6 Å². The lowest BCUT2D eigenvalue weighted by Gasteiger charge is -2.47. The highest BCUT2D eigenvalue weighted by Crippen LogP contribution is 2.50. The second-order valence-corrected chi connectivity index (χ2v) is 13.6. The second kappa shape index (κ2) is 12.0. The fourth-order valence-electron chi connectivity index (χ4n) is 6.52. The number of nitrogens with one attached hydrogen (secondary N) is 1. The Morgan fingerprint density at radius 2 is 1.98 bits per heavy atom. The van der Waals surface area contributed by atoms with Crippen molar-refractivity contribution in [1.82, 2.24) is 10.3 Å². The van der Waals surface area contributed by atoms with Gasteiger partial charge >= 0.3 is 0 Å². The SMILES string of the molecule is C#Cc1cc(OC)c(CN[C@H](Cc2ccc(S(=O)(=O)O)cc2)CC2(c3ccccn3)CCOC3(CCCC3)C2)s1. The molecule has 7 nitrogen and oxygen atoms in total. The lowest BCUT2D eigenvalue weighted by Crippen LogP contribution is -2.49. The van der Waals surface area contributed by atoms with Gasteiger partial charge in [-0.05, 0) is 68.4 Å². The number of pyridine rings is 1. The van der Waals surface area contributed by atoms with Crippen LogP contribution in [0.5, 0.6) is 5.75 Å². The van der Waals surface area contributed by atoms with E-state index >= 15 is 0 Å². The standard InChI is InChI=1S/C31H36N2O5S2/c1-3-25-19-27(37-2)28(39-25)21-33-24(18-23-9-11-26(12-10-23)40(34,35)36)20-30(29-8-4-7-16-32-29)15-17-38-31(22-30)13-5-6-14-31/h1,4,7-12,16,19,24,33H,5-6,13-15,17-18,20-22H2,2H3,(H,34,35,36)/t24-,30?/m1/s1. The van der Waals surface area contributed by atoms with E-state index in [1.807, 2.05) is 18.3 Å². The largest absolute Gasteiger partial charge is 0.495 e. The van der Waals surface area contributed by atoms with Crippen LogP contribution >= 0.6 is 11.3 Å². The molecule has 3 aromatic rings. The zero-order valence-electron chi connectivity index (χ0n) is 22.8. The van der Waals surface area contributed by atoms with Gasteiger partial charge < -0.3 is 14.8 Å². The molecule has 5 rings (SSSR count). The first kappa shape index (κ1) is 28.8. The molecule has 1 saturated carbocycles. The van der Waals surface area contributed by atoms with Crippen LogP contribution in [0.3, 0.4) is 0 Å². The molecule has 0 bridgehead atoms. The van der Waals surface area contributed by atoms with Gasteiger partial charge in [0.15, 0.2) is 0 Å². The van der Waals surface area contributed by atoms with Crippen LogP contribution < -0.4 is 10.1 Å². The van der Waals surface area contributed by atoms with Crippen molar-refractivity contribution in [3.8, 4) is 18.1 Å². The molecule has 2 atom stereocenters. The van der Waals surface area contributed by atoms with Gasteiger partial charge in [-0.15, -0.1) is 17.8 Å². The third-order valence-corrected chi connectivity index (χ3v) is 10.3. The molecule has 3 heterocycles. The van der Waals surface area contributed by atoms with E-state index < -0.39 is 10.1 Å². The number of hydrogen-bond donors (Lipinski definition) is 2. The van der Waals surface area contributed by atoms with E-state index in [2.05, 4.69) is 23.4 Å². The summed E-state index contributed by atoms with van der Waals surface area (Å²) < 4.78 is 44.7. The Morgan fingerprint density at radius 3 is 2.62 bits per heavy atom. The lowest BCUT2D eigenvalue weighted by molar-refractivity contribution is -0.106. The van der Waals surface area contributed by atoms with Crippen molar-refractivity contribution in [3.63, 3.8) is 0 Å². The zero-order valence-corrected chi connectivity index (χ0v) is 24.4. The molecule has 40 heavy (non-hydrogen) atoms. The molecule has 9 heteroatoms. The first-order valence-electron chi connectivity index (χ1n) is 13.7. The molecule has 2 aromatic heterocycles. The summed E-state index contributed by atoms with van der Waals surface area (Å²) in [4.78, 5) is 6.62. The van der Waals surface area contributed by atoms with E-state index in [4.69, 9.17) is 20.9 Å². The van der Waals surface area contributed by atoms with Crippen LogP contribution in [0.25, 0.3) is 0 Å². The van der Waals surface area contributed by atoms with Gasteiger partial charge in [0, 0.05) is 42.6 Å². The van der Waals surface area contributed by atoms with Crippen molar-refractivity contribution in [2.45, 2.75) is 79.9 Å². The van der Waals surface area contributed by atoms with E-state index in [0.29, 0.717) is 19.6 Å². The average Bonchev–Trinajstić information content (AvgIpc) is 3.58. The van der Waals surface area contributed by atoms with Crippen LogP contribution in [0.15, 0.2) is 59.6 Å². The Kier molecular flexibility index (Phi) is 8.64. The van der Waals surface area contributed by atoms with Crippen LogP contribution in [-0.2, 0) is 33.2 Å². The Hall–Kier alpha value is -2.74. The topological polar surface area (TPSA) is 97.8 Å². The van der Waals surface area contributed by atoms with Crippen LogP contribution in [0, 0.1) is 12.3 Å². The van der Waals surface area contributed by atoms with Gasteiger partial charge in [0.05, 0.1) is 27.4 Å². The molecule has 1 unspecified atom stereocenters. The number of terminal acetylenes is 1. The molecule has 0 amide bonds. The van der Waals surface area contributed by atoms with E-state index in [1.165, 1.54) is 25.0 Å². The second-order valence-electron chi connectivity index (χ2n) is 11.0. The Bertz CT molecular complexity index is 1440. The highest BCUT2D eigenvalue weighted by Gasteiger charge is 2.49. The number of aromatic nitrogens is 1. The molecule has 1 aliphatic carbocycles. The van der Waals surface area contributed by atoms with Crippen molar-refractivity contribution >= 4 is 21.5 Å². The summed E-state index contributed by atoms with van der Waals surface area (Å²) in [6, 6.07) is 14.6. The minimum Gasteiger partial charge on any atom is -0.495 e. The molecular weight excluding hydrogens is 544 g/mol. The number of thiophene rings is 1. The summed E-state index contributed by atoms with van der Waals surface area (Å²) in [5.41, 5.74) is 1.81. The lowest BCUT2D eigenvalue weighted by atomic mass is 9.66. The maximum atomic E-state index is 11.6. The molecule has 212 valence electrons. The summed E-state index contributed by atoms with van der Waals surface area (Å²) in [5.74, 6) is 3.48. The van der Waals surface area contributed by atoms with Crippen molar-refractivity contribution in [1.29, 1.82) is 0 Å². The molecule has 1 saturated heterocycles. The fourth-order valence-corrected chi connectivity index (χ4v) is 7.89. The normalized spacial score (nSPS) is 21.2. The Balaban J connectivity index is 1.46. The molecular formula is C31H36N2O5S2. The number of rotatable bonds is 10. The fraction of sp³-hybridized carbons (Fsp3) is 0.452. The minimum atomic E-state index is -4.25. The van der Waals surface area contributed by atoms with Gasteiger partial charge in [0.25, 0.3) is 10.1 Å². The average molecular weight is 581 g/mol. The molecule has 2 aliphatic rings. The minimum absolute atomic E-state index is 0.0382. The monoisotopic (exact) mass is 580 g/mol. The third-order valence-electron chi connectivity index (χ3n) is 8.40. The van der Waals surface area contributed by atoms with Crippen molar-refractivity contribution < 1.29 is 22.4 Å². The smallest absolute Gasteiger partial charge is 0.294 e. The molecule has 1 aromatic carbocycles. The maximum Gasteiger partial charge on any atom is 0.294 e. The van der Waals surface area contributed by atoms with Gasteiger partial charge in [-0.3, -0.25) is 9.54 Å². The van der Waals surface area contributed by atoms with E-state index in [-0.39, 0.29) is 22.0 Å². The van der Waals surface area contributed by atoms with Crippen molar-refractivity contribution in [2.75, 3.05) is 13.7 Å². The Morgan fingerprint density at radius 1 is 1.20 bits per heavy atom. The molecule has 0 radical (unpaired) electrons. The van der Waals surface area contributed by atoms with Crippen LogP contribution in [-0.4, -0.2) is 43.3 Å². The summed E-state index contributed by atoms with van der Waals surface area (Å²) in [5, 5.41) is 3.79. The first-order valence-corrected chi connectivity index (χ1v) is 16.0. The molecule has 1 aliphatic heterocycles. The quantitative estimate of drug-likeness (QED) is 0.240. The van der Waals surface area contributed by atoms with E-state index in [0.717, 1.165) is 58.9 Å². The van der Waals surface area contributed by atoms with Crippen LogP contribution in [0.4, 0.5) is 0 Å². The summed E-state index contributed by atoms with van der Waals surface area (Å²) in [6.45, 7) is 1.29. The predicted molar refractivity (Wildman–Crippen MR) is 156 cm³/mol. The number of nitrogens with zero attached hydrogens (tertiary/aromatic N) is 1. The van der Waals surface area contributed by atoms with Crippen LogP contribution in [0.1, 0.15) is 66.0 Å². The van der Waals surface area contributed by atoms with Gasteiger partial charge in [-0.2, -0.15) is 8.42 Å². The van der Waals surface area contributed by atoms with Gasteiger partial charge in [0.1, 0.15) is 5.75 Å². The highest BCUT2D eigenvalue weighted by atomic mass is 32.2. The number of methoxy groups -OCH3 is 1. The number of ether oxygens (including phenoxy) is 2. The van der Waals surface area contributed by atoms with Gasteiger partial charge in [0.2, 0.25) is 0 Å². The molecule has 2 N–H and O–H groups in total. The van der Waals surface area contributed by atoms with E-state index in [9.17, 15) is 13.0 Å².